The second-order valence-corrected chi connectivity index (χ2v) is 6.18. The molecule has 26 heavy (non-hydrogen) atoms. The lowest BCUT2D eigenvalue weighted by atomic mass is 10.3. The number of halogens is 5. The minimum absolute atomic E-state index is 0.0900. The summed E-state index contributed by atoms with van der Waals surface area (Å²) in [5.41, 5.74) is 0. The second kappa shape index (κ2) is 9.80. The molecular weight excluding hydrogens is 411 g/mol. The van der Waals surface area contributed by atoms with Gasteiger partial charge in [0.2, 0.25) is 0 Å². The number of imidazole rings is 1. The molecule has 11 heteroatoms. The third kappa shape index (κ3) is 5.62. The van der Waals surface area contributed by atoms with Crippen LogP contribution in [-0.2, 0) is 6.54 Å². The number of nitrogens with zero attached hydrogens (tertiary/aromatic N) is 3. The molecule has 2 aromatic rings. The van der Waals surface area contributed by atoms with Crippen LogP contribution in [0.3, 0.4) is 0 Å². The molecule has 0 spiro atoms. The van der Waals surface area contributed by atoms with Gasteiger partial charge < -0.3 is 15.4 Å². The van der Waals surface area contributed by atoms with E-state index in [9.17, 15) is 8.78 Å². The largest absolute Gasteiger partial charge is 0.489 e. The van der Waals surface area contributed by atoms with Crippen LogP contribution in [0.5, 0.6) is 5.75 Å². The van der Waals surface area contributed by atoms with Crippen molar-refractivity contribution in [2.75, 3.05) is 20.2 Å². The number of nitrogens with one attached hydrogen (secondary N) is 2. The van der Waals surface area contributed by atoms with Crippen molar-refractivity contribution in [3.8, 4) is 5.75 Å². The van der Waals surface area contributed by atoms with Crippen molar-refractivity contribution in [3.05, 3.63) is 45.4 Å². The van der Waals surface area contributed by atoms with Gasteiger partial charge in [-0.25, -0.2) is 4.98 Å². The molecule has 142 valence electrons. The van der Waals surface area contributed by atoms with E-state index in [0.29, 0.717) is 33.3 Å². The van der Waals surface area contributed by atoms with Crippen molar-refractivity contribution < 1.29 is 13.5 Å². The highest BCUT2D eigenvalue weighted by atomic mass is 35.5. The Morgan fingerprint density at radius 1 is 1.27 bits per heavy atom. The van der Waals surface area contributed by atoms with E-state index in [4.69, 9.17) is 39.5 Å². The van der Waals surface area contributed by atoms with Crippen molar-refractivity contribution in [2.45, 2.75) is 13.1 Å². The van der Waals surface area contributed by atoms with Gasteiger partial charge in [-0.05, 0) is 12.1 Å². The molecule has 0 saturated heterocycles. The molecule has 0 saturated carbocycles. The lowest BCUT2D eigenvalue weighted by Crippen LogP contribution is -2.39. The number of hydrogen-bond donors (Lipinski definition) is 2. The number of ether oxygens (including phenoxy) is 1. The summed E-state index contributed by atoms with van der Waals surface area (Å²) in [6, 6.07) is 3.06. The van der Waals surface area contributed by atoms with Gasteiger partial charge in [0, 0.05) is 24.5 Å². The molecule has 0 unspecified atom stereocenters. The standard InChI is InChI=1S/C15H16Cl3F2N5O/c1-21-15(24-8-12-22-2-4-25(12)14(19)20)23-3-5-26-13-10(17)6-9(16)7-11(13)18/h2,4,6-7,14H,3,5,8H2,1H3,(H2,21,23,24). The number of benzene rings is 1. The van der Waals surface area contributed by atoms with E-state index < -0.39 is 6.55 Å². The number of aliphatic imine (C=N–C) groups is 1. The Morgan fingerprint density at radius 3 is 2.58 bits per heavy atom. The van der Waals surface area contributed by atoms with Gasteiger partial charge in [-0.2, -0.15) is 8.78 Å². The third-order valence-electron chi connectivity index (χ3n) is 3.20. The summed E-state index contributed by atoms with van der Waals surface area (Å²) < 4.78 is 31.8. The van der Waals surface area contributed by atoms with Gasteiger partial charge in [-0.1, -0.05) is 34.8 Å². The van der Waals surface area contributed by atoms with Crippen molar-refractivity contribution in [2.24, 2.45) is 4.99 Å². The first kappa shape index (κ1) is 20.5. The molecule has 0 fully saturated rings. The summed E-state index contributed by atoms with van der Waals surface area (Å²) in [4.78, 5) is 7.88. The fourth-order valence-corrected chi connectivity index (χ4v) is 2.96. The maximum atomic E-state index is 12.8. The monoisotopic (exact) mass is 425 g/mol. The molecule has 2 rings (SSSR count). The summed E-state index contributed by atoms with van der Waals surface area (Å²) in [5.74, 6) is 0.936. The fraction of sp³-hybridized carbons (Fsp3) is 0.333. The van der Waals surface area contributed by atoms with Crippen LogP contribution in [0, 0.1) is 0 Å². The van der Waals surface area contributed by atoms with Gasteiger partial charge in [0.05, 0.1) is 23.1 Å². The highest BCUT2D eigenvalue weighted by molar-refractivity contribution is 6.40. The van der Waals surface area contributed by atoms with E-state index in [0.717, 1.165) is 4.57 Å². The SMILES string of the molecule is CN=C(NCCOc1c(Cl)cc(Cl)cc1Cl)NCc1nccn1C(F)F. The van der Waals surface area contributed by atoms with Crippen LogP contribution in [0.15, 0.2) is 29.5 Å². The van der Waals surface area contributed by atoms with E-state index in [-0.39, 0.29) is 19.0 Å². The van der Waals surface area contributed by atoms with Crippen molar-refractivity contribution in [1.82, 2.24) is 20.2 Å². The molecule has 0 amide bonds. The van der Waals surface area contributed by atoms with E-state index in [1.807, 2.05) is 0 Å². The maximum Gasteiger partial charge on any atom is 0.319 e. The minimum atomic E-state index is -2.65. The number of hydrogen-bond acceptors (Lipinski definition) is 3. The molecule has 0 bridgehead atoms. The molecule has 0 aliphatic heterocycles. The number of guanidine groups is 1. The zero-order valence-corrected chi connectivity index (χ0v) is 15.9. The van der Waals surface area contributed by atoms with E-state index >= 15 is 0 Å². The highest BCUT2D eigenvalue weighted by Gasteiger charge is 2.12. The zero-order chi connectivity index (χ0) is 19.1. The summed E-state index contributed by atoms with van der Waals surface area (Å²) >= 11 is 17.9. The Hall–Kier alpha value is -1.77. The average Bonchev–Trinajstić information content (AvgIpc) is 3.04. The summed E-state index contributed by atoms with van der Waals surface area (Å²) in [6.07, 6.45) is 2.53. The quantitative estimate of drug-likeness (QED) is 0.399. The Bertz CT molecular complexity index is 746. The summed E-state index contributed by atoms with van der Waals surface area (Å²) in [7, 11) is 1.56. The average molecular weight is 427 g/mol. The van der Waals surface area contributed by atoms with Crippen molar-refractivity contribution in [3.63, 3.8) is 0 Å². The Morgan fingerprint density at radius 2 is 1.96 bits per heavy atom. The molecule has 0 aliphatic rings. The van der Waals surface area contributed by atoms with Gasteiger partial charge in [-0.15, -0.1) is 0 Å². The van der Waals surface area contributed by atoms with Crippen LogP contribution in [0.2, 0.25) is 15.1 Å². The van der Waals surface area contributed by atoms with Crippen molar-refractivity contribution in [1.29, 1.82) is 0 Å². The molecular formula is C15H16Cl3F2N5O. The first-order valence-corrected chi connectivity index (χ1v) is 8.57. The Balaban J connectivity index is 1.80. The number of aromatic nitrogens is 2. The van der Waals surface area contributed by atoms with E-state index in [1.165, 1.54) is 24.5 Å². The molecule has 1 heterocycles. The number of alkyl halides is 2. The van der Waals surface area contributed by atoms with Gasteiger partial charge in [0.25, 0.3) is 0 Å². The van der Waals surface area contributed by atoms with Crippen molar-refractivity contribution >= 4 is 40.8 Å². The van der Waals surface area contributed by atoms with Crippen LogP contribution in [-0.4, -0.2) is 35.7 Å². The first-order chi connectivity index (χ1) is 12.4. The van der Waals surface area contributed by atoms with Crippen LogP contribution >= 0.6 is 34.8 Å². The van der Waals surface area contributed by atoms with Crippen LogP contribution < -0.4 is 15.4 Å². The molecule has 1 aromatic heterocycles. The van der Waals surface area contributed by atoms with E-state index in [2.05, 4.69) is 20.6 Å². The molecule has 2 N–H and O–H groups in total. The summed E-state index contributed by atoms with van der Waals surface area (Å²) in [5, 5.41) is 6.90. The molecule has 0 aliphatic carbocycles. The molecule has 0 radical (unpaired) electrons. The predicted molar refractivity (Wildman–Crippen MR) is 98.6 cm³/mol. The Kier molecular flexibility index (Phi) is 7.74. The maximum absolute atomic E-state index is 12.8. The van der Waals surface area contributed by atoms with Crippen LogP contribution in [0.25, 0.3) is 0 Å². The van der Waals surface area contributed by atoms with Gasteiger partial charge >= 0.3 is 6.55 Å². The lowest BCUT2D eigenvalue weighted by molar-refractivity contribution is 0.0668. The molecule has 6 nitrogen and oxygen atoms in total. The van der Waals surface area contributed by atoms with Gasteiger partial charge in [0.15, 0.2) is 11.7 Å². The second-order valence-electron chi connectivity index (χ2n) is 4.93. The smallest absolute Gasteiger partial charge is 0.319 e. The Labute approximate surface area is 164 Å². The molecule has 0 atom stereocenters. The highest BCUT2D eigenvalue weighted by Crippen LogP contribution is 2.35. The first-order valence-electron chi connectivity index (χ1n) is 7.44. The topological polar surface area (TPSA) is 63.5 Å². The van der Waals surface area contributed by atoms with E-state index in [1.54, 1.807) is 7.05 Å². The molecule has 1 aromatic carbocycles. The summed E-state index contributed by atoms with van der Waals surface area (Å²) in [6.45, 7) is -1.94. The normalized spacial score (nSPS) is 11.7. The van der Waals surface area contributed by atoms with Crippen LogP contribution in [0.1, 0.15) is 12.4 Å². The predicted octanol–water partition coefficient (Wildman–Crippen LogP) is 3.98. The zero-order valence-electron chi connectivity index (χ0n) is 13.6. The van der Waals surface area contributed by atoms with Gasteiger partial charge in [0.1, 0.15) is 12.4 Å². The fourth-order valence-electron chi connectivity index (χ4n) is 2.03. The van der Waals surface area contributed by atoms with Gasteiger partial charge in [-0.3, -0.25) is 9.56 Å². The van der Waals surface area contributed by atoms with Crippen LogP contribution in [0.4, 0.5) is 8.78 Å². The lowest BCUT2D eigenvalue weighted by Gasteiger charge is -2.14. The minimum Gasteiger partial charge on any atom is -0.489 e. The third-order valence-corrected chi connectivity index (χ3v) is 3.98. The number of rotatable bonds is 7.